The normalized spacial score (nSPS) is 11.6. The average molecular weight is 279 g/mol. The molecule has 0 bridgehead atoms. The molecule has 5 nitrogen and oxygen atoms in total. The van der Waals surface area contributed by atoms with Crippen LogP contribution in [0.1, 0.15) is 17.8 Å². The number of thiazole rings is 1. The summed E-state index contributed by atoms with van der Waals surface area (Å²) in [5.74, 6) is 0. The van der Waals surface area contributed by atoms with E-state index in [0.29, 0.717) is 24.4 Å². The molecular weight excluding hydrogens is 266 g/mol. The van der Waals surface area contributed by atoms with Gasteiger partial charge in [0, 0.05) is 6.54 Å². The second kappa shape index (κ2) is 5.67. The van der Waals surface area contributed by atoms with E-state index in [1.807, 2.05) is 0 Å². The van der Waals surface area contributed by atoms with Crippen LogP contribution >= 0.6 is 23.6 Å². The summed E-state index contributed by atoms with van der Waals surface area (Å²) in [7, 11) is -3.42. The van der Waals surface area contributed by atoms with E-state index in [9.17, 15) is 8.42 Å². The Bertz CT molecular complexity index is 467. The smallest absolute Gasteiger partial charge is 0.251 e. The quantitative estimate of drug-likeness (QED) is 0.594. The Hall–Kier alpha value is -0.570. The third-order valence-electron chi connectivity index (χ3n) is 1.76. The van der Waals surface area contributed by atoms with Crippen LogP contribution in [-0.2, 0) is 10.0 Å². The number of hydrogen-bond acceptors (Lipinski definition) is 5. The summed E-state index contributed by atoms with van der Waals surface area (Å²) in [5, 5.41) is 0.725. The lowest BCUT2D eigenvalue weighted by atomic mass is 10.3. The minimum Gasteiger partial charge on any atom is -0.393 e. The van der Waals surface area contributed by atoms with E-state index in [2.05, 4.69) is 9.71 Å². The summed E-state index contributed by atoms with van der Waals surface area (Å²) in [6.07, 6.45) is 2.50. The molecule has 0 unspecified atom stereocenters. The van der Waals surface area contributed by atoms with Gasteiger partial charge in [-0.3, -0.25) is 0 Å². The molecule has 8 heteroatoms. The number of aromatic nitrogens is 1. The Balaban J connectivity index is 2.50. The molecule has 0 spiro atoms. The van der Waals surface area contributed by atoms with Gasteiger partial charge in [-0.15, -0.1) is 11.3 Å². The van der Waals surface area contributed by atoms with E-state index >= 15 is 0 Å². The Morgan fingerprint density at radius 1 is 1.69 bits per heavy atom. The third kappa shape index (κ3) is 4.12. The van der Waals surface area contributed by atoms with E-state index < -0.39 is 10.0 Å². The molecule has 1 aromatic heterocycles. The second-order valence-corrected chi connectivity index (χ2v) is 6.92. The summed E-state index contributed by atoms with van der Waals surface area (Å²) >= 11 is 5.84. The average Bonchev–Trinajstić information content (AvgIpc) is 2.60. The highest BCUT2D eigenvalue weighted by Crippen LogP contribution is 2.17. The Labute approximate surface area is 104 Å². The van der Waals surface area contributed by atoms with Crippen LogP contribution in [0, 0.1) is 6.92 Å². The molecule has 3 N–H and O–H groups in total. The minimum absolute atomic E-state index is 0.236. The highest BCUT2D eigenvalue weighted by molar-refractivity contribution is 7.91. The van der Waals surface area contributed by atoms with Gasteiger partial charge < -0.3 is 5.73 Å². The number of aryl methyl sites for hydroxylation is 1. The third-order valence-corrected chi connectivity index (χ3v) is 4.80. The summed E-state index contributed by atoms with van der Waals surface area (Å²) in [6, 6.07) is 0. The predicted molar refractivity (Wildman–Crippen MR) is 68.1 cm³/mol. The van der Waals surface area contributed by atoms with Crippen molar-refractivity contribution in [1.82, 2.24) is 9.71 Å². The number of rotatable bonds is 6. The maximum absolute atomic E-state index is 11.7. The summed E-state index contributed by atoms with van der Waals surface area (Å²) in [4.78, 5) is 4.29. The first kappa shape index (κ1) is 13.5. The van der Waals surface area contributed by atoms with Crippen LogP contribution in [0.4, 0.5) is 0 Å². The lowest BCUT2D eigenvalue weighted by Crippen LogP contribution is -2.25. The molecule has 0 saturated carbocycles. The van der Waals surface area contributed by atoms with Crippen LogP contribution in [0.25, 0.3) is 0 Å². The largest absolute Gasteiger partial charge is 0.393 e. The van der Waals surface area contributed by atoms with Crippen LogP contribution in [0.5, 0.6) is 0 Å². The molecule has 16 heavy (non-hydrogen) atoms. The molecule has 0 aromatic carbocycles. The number of nitrogens with two attached hydrogens (primary N) is 1. The molecule has 0 aliphatic heterocycles. The van der Waals surface area contributed by atoms with Gasteiger partial charge in [0.25, 0.3) is 10.0 Å². The van der Waals surface area contributed by atoms with Gasteiger partial charge in [-0.25, -0.2) is 18.1 Å². The van der Waals surface area contributed by atoms with E-state index in [-0.39, 0.29) is 4.21 Å². The maximum atomic E-state index is 11.7. The first-order chi connectivity index (χ1) is 7.42. The molecule has 0 aliphatic rings. The van der Waals surface area contributed by atoms with Crippen molar-refractivity contribution >= 4 is 38.6 Å². The van der Waals surface area contributed by atoms with E-state index in [4.69, 9.17) is 18.0 Å². The van der Waals surface area contributed by atoms with E-state index in [1.165, 1.54) is 6.20 Å². The topological polar surface area (TPSA) is 85.1 Å². The maximum Gasteiger partial charge on any atom is 0.251 e. The van der Waals surface area contributed by atoms with Crippen LogP contribution in [0.15, 0.2) is 10.4 Å². The van der Waals surface area contributed by atoms with Crippen molar-refractivity contribution in [3.63, 3.8) is 0 Å². The Kier molecular flexibility index (Phi) is 4.78. The highest BCUT2D eigenvalue weighted by atomic mass is 32.2. The molecule has 0 saturated heterocycles. The standard InChI is InChI=1S/C8H13N3O2S3/c1-6-10-5-8(15-6)16(12,13)11-4-2-3-7(9)14/h5,11H,2-4H2,1H3,(H2,9,14). The van der Waals surface area contributed by atoms with Gasteiger partial charge in [-0.05, 0) is 19.8 Å². The second-order valence-electron chi connectivity index (χ2n) is 3.17. The zero-order chi connectivity index (χ0) is 12.2. The van der Waals surface area contributed by atoms with Crippen molar-refractivity contribution in [2.75, 3.05) is 6.54 Å². The fourth-order valence-corrected chi connectivity index (χ4v) is 3.38. The fourth-order valence-electron chi connectivity index (χ4n) is 1.01. The molecule has 1 heterocycles. The molecule has 0 aliphatic carbocycles. The van der Waals surface area contributed by atoms with Crippen LogP contribution in [0.3, 0.4) is 0 Å². The van der Waals surface area contributed by atoms with Gasteiger partial charge in [-0.2, -0.15) is 0 Å². The van der Waals surface area contributed by atoms with E-state index in [0.717, 1.165) is 16.3 Å². The first-order valence-electron chi connectivity index (χ1n) is 4.62. The van der Waals surface area contributed by atoms with Gasteiger partial charge in [0.2, 0.25) is 0 Å². The Morgan fingerprint density at radius 3 is 2.88 bits per heavy atom. The molecular formula is C8H13N3O2S3. The van der Waals surface area contributed by atoms with Crippen molar-refractivity contribution in [3.8, 4) is 0 Å². The van der Waals surface area contributed by atoms with Crippen LogP contribution in [0.2, 0.25) is 0 Å². The lowest BCUT2D eigenvalue weighted by molar-refractivity contribution is 0.582. The SMILES string of the molecule is Cc1ncc(S(=O)(=O)NCCCC(N)=S)s1. The fraction of sp³-hybridized carbons (Fsp3) is 0.500. The molecule has 0 fully saturated rings. The predicted octanol–water partition coefficient (Wildman–Crippen LogP) is 0.796. The van der Waals surface area contributed by atoms with Crippen molar-refractivity contribution in [2.45, 2.75) is 24.0 Å². The minimum atomic E-state index is -3.42. The summed E-state index contributed by atoms with van der Waals surface area (Å²) in [5.41, 5.74) is 5.30. The molecule has 0 amide bonds. The summed E-state index contributed by atoms with van der Waals surface area (Å²) in [6.45, 7) is 2.09. The molecule has 1 rings (SSSR count). The van der Waals surface area contributed by atoms with Gasteiger partial charge in [-0.1, -0.05) is 12.2 Å². The van der Waals surface area contributed by atoms with Crippen molar-refractivity contribution in [1.29, 1.82) is 0 Å². The van der Waals surface area contributed by atoms with E-state index in [1.54, 1.807) is 6.92 Å². The Morgan fingerprint density at radius 2 is 2.38 bits per heavy atom. The van der Waals surface area contributed by atoms with Crippen molar-refractivity contribution < 1.29 is 8.42 Å². The first-order valence-corrected chi connectivity index (χ1v) is 7.33. The molecule has 1 aromatic rings. The number of nitrogens with zero attached hydrogens (tertiary/aromatic N) is 1. The van der Waals surface area contributed by atoms with Gasteiger partial charge in [0.1, 0.15) is 0 Å². The number of hydrogen-bond donors (Lipinski definition) is 2. The van der Waals surface area contributed by atoms with Crippen LogP contribution < -0.4 is 10.5 Å². The molecule has 90 valence electrons. The number of sulfonamides is 1. The molecule has 0 atom stereocenters. The summed E-state index contributed by atoms with van der Waals surface area (Å²) < 4.78 is 26.1. The monoisotopic (exact) mass is 279 g/mol. The van der Waals surface area contributed by atoms with Gasteiger partial charge in [0.15, 0.2) is 4.21 Å². The van der Waals surface area contributed by atoms with Crippen LogP contribution in [-0.4, -0.2) is 24.9 Å². The zero-order valence-electron chi connectivity index (χ0n) is 8.76. The van der Waals surface area contributed by atoms with Crippen molar-refractivity contribution in [3.05, 3.63) is 11.2 Å². The number of nitrogens with one attached hydrogen (secondary N) is 1. The lowest BCUT2D eigenvalue weighted by Gasteiger charge is -2.03. The van der Waals surface area contributed by atoms with Gasteiger partial charge >= 0.3 is 0 Å². The molecule has 0 radical (unpaired) electrons. The number of thiocarbonyl (C=S) groups is 1. The zero-order valence-corrected chi connectivity index (χ0v) is 11.2. The van der Waals surface area contributed by atoms with Crippen molar-refractivity contribution in [2.24, 2.45) is 5.73 Å². The highest BCUT2D eigenvalue weighted by Gasteiger charge is 2.15. The van der Waals surface area contributed by atoms with Gasteiger partial charge in [0.05, 0.1) is 16.2 Å².